The number of carbonyl (C=O) groups excluding carboxylic acids is 1. The minimum atomic E-state index is -0.469. The largest absolute Gasteiger partial charge is 0.491 e. The van der Waals surface area contributed by atoms with Crippen molar-refractivity contribution in [2.24, 2.45) is 0 Å². The molecule has 10 heteroatoms. The monoisotopic (exact) mass is 460 g/mol. The standard InChI is InChI=1S/C22H26ClFN6O2/c1-13-20(23)14(2)28-21(27-13)17-11-29(12-18(17)25)22(31)16-5-4-15(24)10-19(16)32-9-8-30-7-3-6-26-30/h4-5,10,17,25-26H,3,6-9,11-12H2,1-2H3. The Morgan fingerprint density at radius 3 is 2.78 bits per heavy atom. The lowest BCUT2D eigenvalue weighted by molar-refractivity contribution is 0.0789. The van der Waals surface area contributed by atoms with Crippen LogP contribution in [0.4, 0.5) is 4.39 Å². The number of hydrogen-bond donors (Lipinski definition) is 2. The van der Waals surface area contributed by atoms with Gasteiger partial charge in [0.2, 0.25) is 0 Å². The van der Waals surface area contributed by atoms with Crippen LogP contribution in [0.5, 0.6) is 5.75 Å². The Bertz CT molecular complexity index is 1020. The van der Waals surface area contributed by atoms with Gasteiger partial charge in [0.05, 0.1) is 34.4 Å². The third-order valence-electron chi connectivity index (χ3n) is 5.72. The highest BCUT2D eigenvalue weighted by Crippen LogP contribution is 2.29. The number of rotatable bonds is 6. The van der Waals surface area contributed by atoms with Crippen molar-refractivity contribution in [1.29, 1.82) is 5.41 Å². The highest BCUT2D eigenvalue weighted by Gasteiger charge is 2.35. The van der Waals surface area contributed by atoms with Crippen LogP contribution < -0.4 is 10.2 Å². The maximum Gasteiger partial charge on any atom is 0.257 e. The van der Waals surface area contributed by atoms with E-state index in [-0.39, 0.29) is 30.3 Å². The average molecular weight is 461 g/mol. The lowest BCUT2D eigenvalue weighted by atomic mass is 10.1. The minimum absolute atomic E-state index is 0.155. The van der Waals surface area contributed by atoms with Crippen molar-refractivity contribution >= 4 is 23.2 Å². The van der Waals surface area contributed by atoms with Crippen molar-refractivity contribution in [1.82, 2.24) is 25.3 Å². The summed E-state index contributed by atoms with van der Waals surface area (Å²) in [6.07, 6.45) is 1.07. The van der Waals surface area contributed by atoms with Crippen molar-refractivity contribution in [2.45, 2.75) is 26.2 Å². The number of ether oxygens (including phenoxy) is 1. The number of amides is 1. The Kier molecular flexibility index (Phi) is 6.68. The fourth-order valence-corrected chi connectivity index (χ4v) is 4.08. The summed E-state index contributed by atoms with van der Waals surface area (Å²) in [6, 6.07) is 3.92. The molecular weight excluding hydrogens is 435 g/mol. The first-order valence-corrected chi connectivity index (χ1v) is 11.0. The summed E-state index contributed by atoms with van der Waals surface area (Å²) in [4.78, 5) is 23.7. The first-order valence-electron chi connectivity index (χ1n) is 10.6. The van der Waals surface area contributed by atoms with E-state index < -0.39 is 11.7 Å². The van der Waals surface area contributed by atoms with Crippen LogP contribution >= 0.6 is 11.6 Å². The lowest BCUT2D eigenvalue weighted by Gasteiger charge is -2.20. The molecule has 1 aromatic heterocycles. The van der Waals surface area contributed by atoms with E-state index in [9.17, 15) is 9.18 Å². The zero-order valence-corrected chi connectivity index (χ0v) is 18.9. The molecule has 3 heterocycles. The van der Waals surface area contributed by atoms with Gasteiger partial charge in [0.15, 0.2) is 0 Å². The van der Waals surface area contributed by atoms with E-state index in [2.05, 4.69) is 15.4 Å². The van der Waals surface area contributed by atoms with Gasteiger partial charge in [-0.3, -0.25) is 10.2 Å². The molecule has 0 saturated carbocycles. The molecule has 2 fully saturated rings. The Morgan fingerprint density at radius 2 is 2.09 bits per heavy atom. The molecule has 1 atom stereocenters. The number of hydrazine groups is 1. The summed E-state index contributed by atoms with van der Waals surface area (Å²) >= 11 is 6.17. The van der Waals surface area contributed by atoms with Crippen molar-refractivity contribution in [3.63, 3.8) is 0 Å². The van der Waals surface area contributed by atoms with Gasteiger partial charge in [-0.15, -0.1) is 0 Å². The number of aryl methyl sites for hydroxylation is 2. The number of nitrogens with zero attached hydrogens (tertiary/aromatic N) is 4. The Balaban J connectivity index is 1.48. The van der Waals surface area contributed by atoms with Crippen LogP contribution in [0.3, 0.4) is 0 Å². The fourth-order valence-electron chi connectivity index (χ4n) is 3.99. The summed E-state index contributed by atoms with van der Waals surface area (Å²) in [5.41, 5.74) is 5.15. The van der Waals surface area contributed by atoms with Gasteiger partial charge in [-0.05, 0) is 32.4 Å². The Hall–Kier alpha value is -2.62. The smallest absolute Gasteiger partial charge is 0.257 e. The second-order valence-electron chi connectivity index (χ2n) is 8.07. The van der Waals surface area contributed by atoms with Crippen LogP contribution in [-0.4, -0.2) is 70.8 Å². The van der Waals surface area contributed by atoms with Crippen LogP contribution in [0.1, 0.15) is 39.9 Å². The van der Waals surface area contributed by atoms with Crippen LogP contribution in [0, 0.1) is 25.1 Å². The van der Waals surface area contributed by atoms with Crippen LogP contribution in [0.25, 0.3) is 0 Å². The molecule has 1 amide bonds. The van der Waals surface area contributed by atoms with E-state index in [0.29, 0.717) is 41.1 Å². The van der Waals surface area contributed by atoms with Gasteiger partial charge in [-0.2, -0.15) is 0 Å². The summed E-state index contributed by atoms with van der Waals surface area (Å²) in [7, 11) is 0. The number of aromatic nitrogens is 2. The normalized spacial score (nSPS) is 19.1. The maximum absolute atomic E-state index is 13.9. The fraction of sp³-hybridized carbons (Fsp3) is 0.455. The molecule has 8 nitrogen and oxygen atoms in total. The lowest BCUT2D eigenvalue weighted by Crippen LogP contribution is -2.34. The van der Waals surface area contributed by atoms with Gasteiger partial charge < -0.3 is 15.0 Å². The number of hydrogen-bond acceptors (Lipinski definition) is 7. The molecule has 4 rings (SSSR count). The van der Waals surface area contributed by atoms with E-state index in [0.717, 1.165) is 19.5 Å². The third-order valence-corrected chi connectivity index (χ3v) is 6.26. The zero-order chi connectivity index (χ0) is 22.8. The SMILES string of the molecule is Cc1nc(C2CN(C(=O)c3ccc(F)cc3OCCN3CCCN3)CC2=N)nc(C)c1Cl. The first-order chi connectivity index (χ1) is 15.3. The number of carbonyl (C=O) groups is 1. The van der Waals surface area contributed by atoms with E-state index >= 15 is 0 Å². The van der Waals surface area contributed by atoms with Gasteiger partial charge in [0.1, 0.15) is 24.0 Å². The molecular formula is C22H26ClFN6O2. The highest BCUT2D eigenvalue weighted by atomic mass is 35.5. The van der Waals surface area contributed by atoms with Gasteiger partial charge in [-0.25, -0.2) is 19.4 Å². The molecule has 170 valence electrons. The summed E-state index contributed by atoms with van der Waals surface area (Å²) < 4.78 is 19.7. The van der Waals surface area contributed by atoms with E-state index in [4.69, 9.17) is 21.7 Å². The Morgan fingerprint density at radius 1 is 1.34 bits per heavy atom. The topological polar surface area (TPSA) is 94.4 Å². The van der Waals surface area contributed by atoms with Crippen molar-refractivity contribution < 1.29 is 13.9 Å². The molecule has 2 N–H and O–H groups in total. The molecule has 1 unspecified atom stereocenters. The first kappa shape index (κ1) is 22.6. The van der Waals surface area contributed by atoms with Gasteiger partial charge in [-0.1, -0.05) is 11.6 Å². The van der Waals surface area contributed by atoms with Crippen molar-refractivity contribution in [2.75, 3.05) is 39.3 Å². The van der Waals surface area contributed by atoms with E-state index in [1.165, 1.54) is 18.2 Å². The molecule has 2 aromatic rings. The van der Waals surface area contributed by atoms with Crippen molar-refractivity contribution in [3.8, 4) is 5.75 Å². The average Bonchev–Trinajstić information content (AvgIpc) is 3.41. The minimum Gasteiger partial charge on any atom is -0.491 e. The number of nitrogens with one attached hydrogen (secondary N) is 2. The maximum atomic E-state index is 13.9. The van der Waals surface area contributed by atoms with Gasteiger partial charge in [0, 0.05) is 38.0 Å². The molecule has 2 aliphatic rings. The molecule has 0 spiro atoms. The van der Waals surface area contributed by atoms with Crippen LogP contribution in [0.15, 0.2) is 18.2 Å². The number of likely N-dealkylation sites (tertiary alicyclic amines) is 1. The molecule has 32 heavy (non-hydrogen) atoms. The summed E-state index contributed by atoms with van der Waals surface area (Å²) in [5.74, 6) is -0.492. The zero-order valence-electron chi connectivity index (χ0n) is 18.1. The molecule has 0 aliphatic carbocycles. The van der Waals surface area contributed by atoms with Crippen LogP contribution in [0.2, 0.25) is 5.02 Å². The van der Waals surface area contributed by atoms with Crippen LogP contribution in [-0.2, 0) is 0 Å². The van der Waals surface area contributed by atoms with Crippen molar-refractivity contribution in [3.05, 3.63) is 51.8 Å². The Labute approximate surface area is 191 Å². The second kappa shape index (κ2) is 9.48. The van der Waals surface area contributed by atoms with Gasteiger partial charge in [0.25, 0.3) is 5.91 Å². The molecule has 2 aliphatic heterocycles. The molecule has 1 aromatic carbocycles. The quantitative estimate of drug-likeness (QED) is 0.688. The number of benzene rings is 1. The van der Waals surface area contributed by atoms with E-state index in [1.807, 2.05) is 5.01 Å². The molecule has 0 bridgehead atoms. The highest BCUT2D eigenvalue weighted by molar-refractivity contribution is 6.31. The predicted molar refractivity (Wildman–Crippen MR) is 119 cm³/mol. The summed E-state index contributed by atoms with van der Waals surface area (Å²) in [6.45, 7) is 6.83. The molecule has 0 radical (unpaired) electrons. The predicted octanol–water partition coefficient (Wildman–Crippen LogP) is 2.73. The van der Waals surface area contributed by atoms with E-state index in [1.54, 1.807) is 18.7 Å². The third kappa shape index (κ3) is 4.74. The second-order valence-corrected chi connectivity index (χ2v) is 8.45. The summed E-state index contributed by atoms with van der Waals surface area (Å²) in [5, 5.41) is 11.0. The number of halogens is 2. The molecule has 2 saturated heterocycles. The van der Waals surface area contributed by atoms with Gasteiger partial charge >= 0.3 is 0 Å².